The molecule has 0 atom stereocenters. The summed E-state index contributed by atoms with van der Waals surface area (Å²) in [6.07, 6.45) is 2.69. The van der Waals surface area contributed by atoms with Gasteiger partial charge in [-0.05, 0) is 48.2 Å². The highest BCUT2D eigenvalue weighted by Gasteiger charge is 2.15. The standard InChI is InChI=1S/C20H19ClFN3O2/c1-3-12-5-7-16(21)14(4-2)19(12)24-18(26)10-25-11-23-17-8-6-13(22)9-15(17)20(25)27/h5-9,11H,3-4,10H2,1-2H3,(H,24,26). The molecule has 140 valence electrons. The highest BCUT2D eigenvalue weighted by molar-refractivity contribution is 6.32. The average molecular weight is 388 g/mol. The molecule has 0 fully saturated rings. The molecule has 0 saturated carbocycles. The number of fused-ring (bicyclic) bond motifs is 1. The predicted octanol–water partition coefficient (Wildman–Crippen LogP) is 3.95. The minimum Gasteiger partial charge on any atom is -0.324 e. The number of aryl methyl sites for hydroxylation is 1. The van der Waals surface area contributed by atoms with Gasteiger partial charge in [0.25, 0.3) is 5.56 Å². The normalized spacial score (nSPS) is 11.0. The van der Waals surface area contributed by atoms with E-state index in [0.717, 1.165) is 23.6 Å². The van der Waals surface area contributed by atoms with Crippen molar-refractivity contribution in [2.75, 3.05) is 5.32 Å². The molecule has 1 N–H and O–H groups in total. The Morgan fingerprint density at radius 1 is 1.22 bits per heavy atom. The van der Waals surface area contributed by atoms with Crippen molar-refractivity contribution in [3.63, 3.8) is 0 Å². The number of aromatic nitrogens is 2. The summed E-state index contributed by atoms with van der Waals surface area (Å²) >= 11 is 6.26. The van der Waals surface area contributed by atoms with E-state index in [1.807, 2.05) is 26.0 Å². The van der Waals surface area contributed by atoms with E-state index in [1.54, 1.807) is 0 Å². The van der Waals surface area contributed by atoms with Crippen molar-refractivity contribution in [3.8, 4) is 0 Å². The van der Waals surface area contributed by atoms with Crippen LogP contribution in [-0.4, -0.2) is 15.5 Å². The van der Waals surface area contributed by atoms with Crippen LogP contribution in [0.2, 0.25) is 5.02 Å². The van der Waals surface area contributed by atoms with Gasteiger partial charge in [-0.25, -0.2) is 9.37 Å². The lowest BCUT2D eigenvalue weighted by Gasteiger charge is -2.16. The van der Waals surface area contributed by atoms with Gasteiger partial charge in [-0.3, -0.25) is 14.2 Å². The molecule has 1 heterocycles. The first-order valence-corrected chi connectivity index (χ1v) is 9.07. The smallest absolute Gasteiger partial charge is 0.261 e. The van der Waals surface area contributed by atoms with E-state index in [0.29, 0.717) is 22.6 Å². The number of carbonyl (C=O) groups is 1. The first-order valence-electron chi connectivity index (χ1n) is 8.69. The number of amides is 1. The molecule has 0 aliphatic carbocycles. The van der Waals surface area contributed by atoms with Crippen LogP contribution in [-0.2, 0) is 24.2 Å². The number of nitrogens with one attached hydrogen (secondary N) is 1. The second-order valence-corrected chi connectivity index (χ2v) is 6.56. The third kappa shape index (κ3) is 3.85. The van der Waals surface area contributed by atoms with E-state index in [1.165, 1.54) is 23.0 Å². The lowest BCUT2D eigenvalue weighted by atomic mass is 10.0. The fourth-order valence-corrected chi connectivity index (χ4v) is 3.34. The molecule has 1 aromatic heterocycles. The topological polar surface area (TPSA) is 64.0 Å². The second kappa shape index (κ2) is 7.88. The monoisotopic (exact) mass is 387 g/mol. The Labute approximate surface area is 160 Å². The maximum atomic E-state index is 13.4. The molecular weight excluding hydrogens is 369 g/mol. The SMILES string of the molecule is CCc1ccc(Cl)c(CC)c1NC(=O)Cn1cnc2ccc(F)cc2c1=O. The second-order valence-electron chi connectivity index (χ2n) is 6.15. The Morgan fingerprint density at radius 3 is 2.70 bits per heavy atom. The van der Waals surface area contributed by atoms with Gasteiger partial charge in [0.1, 0.15) is 12.4 Å². The van der Waals surface area contributed by atoms with Crippen LogP contribution in [0.15, 0.2) is 41.5 Å². The number of benzene rings is 2. The van der Waals surface area contributed by atoms with Crippen molar-refractivity contribution in [2.45, 2.75) is 33.2 Å². The third-order valence-corrected chi connectivity index (χ3v) is 4.80. The summed E-state index contributed by atoms with van der Waals surface area (Å²) in [6, 6.07) is 7.50. The molecule has 0 aliphatic heterocycles. The van der Waals surface area contributed by atoms with Gasteiger partial charge < -0.3 is 5.32 Å². The Hall–Kier alpha value is -2.73. The zero-order valence-corrected chi connectivity index (χ0v) is 15.8. The molecular formula is C20H19ClFN3O2. The summed E-state index contributed by atoms with van der Waals surface area (Å²) in [5.41, 5.74) is 2.43. The van der Waals surface area contributed by atoms with Gasteiger partial charge in [0, 0.05) is 10.7 Å². The molecule has 5 nitrogen and oxygen atoms in total. The Bertz CT molecular complexity index is 1080. The molecule has 0 radical (unpaired) electrons. The largest absolute Gasteiger partial charge is 0.324 e. The summed E-state index contributed by atoms with van der Waals surface area (Å²) in [5, 5.41) is 3.60. The number of hydrogen-bond donors (Lipinski definition) is 1. The molecule has 1 amide bonds. The molecule has 0 saturated heterocycles. The molecule has 27 heavy (non-hydrogen) atoms. The van der Waals surface area contributed by atoms with Crippen LogP contribution in [0.25, 0.3) is 10.9 Å². The molecule has 3 aromatic rings. The van der Waals surface area contributed by atoms with E-state index in [-0.39, 0.29) is 17.8 Å². The highest BCUT2D eigenvalue weighted by Crippen LogP contribution is 2.29. The van der Waals surface area contributed by atoms with Crippen molar-refractivity contribution in [2.24, 2.45) is 0 Å². The van der Waals surface area contributed by atoms with Crippen molar-refractivity contribution < 1.29 is 9.18 Å². The minimum atomic E-state index is -0.525. The van der Waals surface area contributed by atoms with Crippen molar-refractivity contribution in [3.05, 3.63) is 69.0 Å². The Balaban J connectivity index is 1.91. The van der Waals surface area contributed by atoms with E-state index in [9.17, 15) is 14.0 Å². The Kier molecular flexibility index (Phi) is 5.56. The van der Waals surface area contributed by atoms with Gasteiger partial charge in [-0.2, -0.15) is 0 Å². The van der Waals surface area contributed by atoms with Crippen LogP contribution < -0.4 is 10.9 Å². The lowest BCUT2D eigenvalue weighted by Crippen LogP contribution is -2.28. The zero-order valence-electron chi connectivity index (χ0n) is 15.1. The quantitative estimate of drug-likeness (QED) is 0.720. The lowest BCUT2D eigenvalue weighted by molar-refractivity contribution is -0.116. The summed E-state index contributed by atoms with van der Waals surface area (Å²) in [5.74, 6) is -0.899. The van der Waals surface area contributed by atoms with Gasteiger partial charge >= 0.3 is 0 Å². The van der Waals surface area contributed by atoms with Crippen LogP contribution in [0.5, 0.6) is 0 Å². The molecule has 2 aromatic carbocycles. The van der Waals surface area contributed by atoms with Crippen molar-refractivity contribution >= 4 is 34.1 Å². The predicted molar refractivity (Wildman–Crippen MR) is 105 cm³/mol. The number of hydrogen-bond acceptors (Lipinski definition) is 3. The molecule has 0 unspecified atom stereocenters. The van der Waals surface area contributed by atoms with Crippen LogP contribution in [0, 0.1) is 5.82 Å². The fraction of sp³-hybridized carbons (Fsp3) is 0.250. The number of nitrogens with zero attached hydrogens (tertiary/aromatic N) is 2. The van der Waals surface area contributed by atoms with Crippen molar-refractivity contribution in [1.82, 2.24) is 9.55 Å². The number of carbonyl (C=O) groups excluding carboxylic acids is 1. The number of halogens is 2. The third-order valence-electron chi connectivity index (χ3n) is 4.44. The van der Waals surface area contributed by atoms with E-state index >= 15 is 0 Å². The van der Waals surface area contributed by atoms with Gasteiger partial charge in [-0.1, -0.05) is 31.5 Å². The average Bonchev–Trinajstić information content (AvgIpc) is 2.65. The summed E-state index contributed by atoms with van der Waals surface area (Å²) < 4.78 is 14.6. The van der Waals surface area contributed by atoms with Gasteiger partial charge in [-0.15, -0.1) is 0 Å². The van der Waals surface area contributed by atoms with E-state index in [4.69, 9.17) is 11.6 Å². The number of anilines is 1. The number of rotatable bonds is 5. The summed E-state index contributed by atoms with van der Waals surface area (Å²) in [6.45, 7) is 3.73. The first-order chi connectivity index (χ1) is 12.9. The highest BCUT2D eigenvalue weighted by atomic mass is 35.5. The summed E-state index contributed by atoms with van der Waals surface area (Å²) in [4.78, 5) is 29.2. The molecule has 0 bridgehead atoms. The maximum absolute atomic E-state index is 13.4. The van der Waals surface area contributed by atoms with Crippen LogP contribution >= 0.6 is 11.6 Å². The van der Waals surface area contributed by atoms with Gasteiger partial charge in [0.15, 0.2) is 0 Å². The van der Waals surface area contributed by atoms with E-state index < -0.39 is 11.4 Å². The fourth-order valence-electron chi connectivity index (χ4n) is 3.04. The van der Waals surface area contributed by atoms with Crippen LogP contribution in [0.1, 0.15) is 25.0 Å². The maximum Gasteiger partial charge on any atom is 0.261 e. The molecule has 0 spiro atoms. The van der Waals surface area contributed by atoms with Gasteiger partial charge in [0.2, 0.25) is 5.91 Å². The van der Waals surface area contributed by atoms with Crippen molar-refractivity contribution in [1.29, 1.82) is 0 Å². The van der Waals surface area contributed by atoms with Gasteiger partial charge in [0.05, 0.1) is 17.2 Å². The molecule has 7 heteroatoms. The minimum absolute atomic E-state index is 0.136. The van der Waals surface area contributed by atoms with Crippen LogP contribution in [0.4, 0.5) is 10.1 Å². The zero-order chi connectivity index (χ0) is 19.6. The summed E-state index contributed by atoms with van der Waals surface area (Å²) in [7, 11) is 0. The Morgan fingerprint density at radius 2 is 2.00 bits per heavy atom. The van der Waals surface area contributed by atoms with Crippen LogP contribution in [0.3, 0.4) is 0 Å². The first kappa shape index (κ1) is 19.0. The molecule has 3 rings (SSSR count). The van der Waals surface area contributed by atoms with E-state index in [2.05, 4.69) is 10.3 Å². The molecule has 0 aliphatic rings.